The van der Waals surface area contributed by atoms with Crippen LogP contribution in [-0.2, 0) is 19.1 Å². The zero-order valence-corrected chi connectivity index (χ0v) is 10.4. The first-order chi connectivity index (χ1) is 8.16. The minimum Gasteiger partial charge on any atom is -0.468 e. The SMILES string of the molecule is COC(=O)C1(C(=O)OC)CCN2CCCCC21. The number of ether oxygens (including phenoxy) is 2. The van der Waals surface area contributed by atoms with Gasteiger partial charge in [-0.15, -0.1) is 0 Å². The summed E-state index contributed by atoms with van der Waals surface area (Å²) >= 11 is 0. The highest BCUT2D eigenvalue weighted by atomic mass is 16.5. The predicted octanol–water partition coefficient (Wildman–Crippen LogP) is 0.577. The number of fused-ring (bicyclic) bond motifs is 1. The number of hydrogen-bond donors (Lipinski definition) is 0. The van der Waals surface area contributed by atoms with Crippen molar-refractivity contribution in [2.45, 2.75) is 31.7 Å². The maximum Gasteiger partial charge on any atom is 0.324 e. The van der Waals surface area contributed by atoms with Gasteiger partial charge in [0, 0.05) is 12.6 Å². The lowest BCUT2D eigenvalue weighted by atomic mass is 9.77. The summed E-state index contributed by atoms with van der Waals surface area (Å²) in [6, 6.07) is -0.0452. The summed E-state index contributed by atoms with van der Waals surface area (Å²) in [7, 11) is 2.66. The number of hydrogen-bond acceptors (Lipinski definition) is 5. The fourth-order valence-electron chi connectivity index (χ4n) is 3.23. The Bertz CT molecular complexity index is 312. The first kappa shape index (κ1) is 12.4. The maximum atomic E-state index is 12.0. The number of nitrogens with zero attached hydrogens (tertiary/aromatic N) is 1. The van der Waals surface area contributed by atoms with Gasteiger partial charge in [-0.05, 0) is 25.8 Å². The topological polar surface area (TPSA) is 55.8 Å². The predicted molar refractivity (Wildman–Crippen MR) is 60.3 cm³/mol. The normalized spacial score (nSPS) is 27.3. The molecule has 0 spiro atoms. The van der Waals surface area contributed by atoms with Crippen LogP contribution < -0.4 is 0 Å². The molecule has 1 atom stereocenters. The first-order valence-electron chi connectivity index (χ1n) is 6.07. The summed E-state index contributed by atoms with van der Waals surface area (Å²) in [6.07, 6.45) is 3.56. The quantitative estimate of drug-likeness (QED) is 0.523. The van der Waals surface area contributed by atoms with E-state index in [0.717, 1.165) is 32.4 Å². The van der Waals surface area contributed by atoms with E-state index in [-0.39, 0.29) is 6.04 Å². The van der Waals surface area contributed by atoms with Crippen LogP contribution >= 0.6 is 0 Å². The number of carbonyl (C=O) groups excluding carboxylic acids is 2. The minimum atomic E-state index is -1.09. The van der Waals surface area contributed by atoms with Crippen molar-refractivity contribution >= 4 is 11.9 Å². The third kappa shape index (κ3) is 1.73. The Labute approximate surface area is 101 Å². The lowest BCUT2D eigenvalue weighted by Gasteiger charge is -2.36. The Morgan fingerprint density at radius 1 is 1.12 bits per heavy atom. The van der Waals surface area contributed by atoms with E-state index in [1.54, 1.807) is 0 Å². The lowest BCUT2D eigenvalue weighted by molar-refractivity contribution is -0.171. The second-order valence-electron chi connectivity index (χ2n) is 4.75. The molecule has 5 heteroatoms. The van der Waals surface area contributed by atoms with E-state index in [4.69, 9.17) is 9.47 Å². The van der Waals surface area contributed by atoms with Crippen molar-refractivity contribution in [2.24, 2.45) is 5.41 Å². The number of esters is 2. The molecule has 0 saturated carbocycles. The second kappa shape index (κ2) is 4.64. The van der Waals surface area contributed by atoms with E-state index in [1.165, 1.54) is 14.2 Å². The van der Waals surface area contributed by atoms with Crippen molar-refractivity contribution in [3.63, 3.8) is 0 Å². The van der Waals surface area contributed by atoms with Crippen molar-refractivity contribution in [3.8, 4) is 0 Å². The smallest absolute Gasteiger partial charge is 0.324 e. The van der Waals surface area contributed by atoms with E-state index in [0.29, 0.717) is 6.42 Å². The standard InChI is InChI=1S/C12H19NO4/c1-16-10(14)12(11(15)17-2)6-8-13-7-4-3-5-9(12)13/h9H,3-8H2,1-2H3. The molecule has 5 nitrogen and oxygen atoms in total. The van der Waals surface area contributed by atoms with Gasteiger partial charge in [0.15, 0.2) is 5.41 Å². The van der Waals surface area contributed by atoms with E-state index in [2.05, 4.69) is 4.90 Å². The molecule has 2 heterocycles. The van der Waals surface area contributed by atoms with Gasteiger partial charge < -0.3 is 9.47 Å². The molecule has 2 rings (SSSR count). The molecule has 0 radical (unpaired) electrons. The number of methoxy groups -OCH3 is 2. The van der Waals surface area contributed by atoms with Gasteiger partial charge >= 0.3 is 11.9 Å². The molecule has 0 amide bonds. The summed E-state index contributed by atoms with van der Waals surface area (Å²) in [5.41, 5.74) is -1.09. The molecular weight excluding hydrogens is 222 g/mol. The van der Waals surface area contributed by atoms with Gasteiger partial charge in [0.1, 0.15) is 0 Å². The van der Waals surface area contributed by atoms with Crippen LogP contribution in [0.25, 0.3) is 0 Å². The van der Waals surface area contributed by atoms with Crippen molar-refractivity contribution in [1.82, 2.24) is 4.90 Å². The molecule has 0 aliphatic carbocycles. The van der Waals surface area contributed by atoms with Gasteiger partial charge in [0.05, 0.1) is 14.2 Å². The van der Waals surface area contributed by atoms with E-state index < -0.39 is 17.4 Å². The Kier molecular flexibility index (Phi) is 3.38. The average Bonchev–Trinajstić information content (AvgIpc) is 2.77. The Morgan fingerprint density at radius 3 is 2.35 bits per heavy atom. The van der Waals surface area contributed by atoms with E-state index >= 15 is 0 Å². The summed E-state index contributed by atoms with van der Waals surface area (Å²) in [5.74, 6) is -0.891. The summed E-state index contributed by atoms with van der Waals surface area (Å²) in [6.45, 7) is 1.73. The number of rotatable bonds is 2. The van der Waals surface area contributed by atoms with Crippen molar-refractivity contribution < 1.29 is 19.1 Å². The Balaban J connectivity index is 2.33. The highest BCUT2D eigenvalue weighted by Crippen LogP contribution is 2.43. The zero-order valence-electron chi connectivity index (χ0n) is 10.4. The van der Waals surface area contributed by atoms with Gasteiger partial charge in [0.2, 0.25) is 0 Å². The highest BCUT2D eigenvalue weighted by Gasteiger charge is 2.60. The number of piperidine rings is 1. The number of carbonyl (C=O) groups is 2. The molecule has 0 aromatic rings. The van der Waals surface area contributed by atoms with Crippen LogP contribution in [0, 0.1) is 5.41 Å². The molecule has 0 aromatic heterocycles. The van der Waals surface area contributed by atoms with Gasteiger partial charge in [0.25, 0.3) is 0 Å². The molecule has 0 bridgehead atoms. The van der Waals surface area contributed by atoms with Gasteiger partial charge in [-0.25, -0.2) is 0 Å². The zero-order chi connectivity index (χ0) is 12.5. The first-order valence-corrected chi connectivity index (χ1v) is 6.07. The molecule has 2 aliphatic rings. The maximum absolute atomic E-state index is 12.0. The van der Waals surface area contributed by atoms with Crippen molar-refractivity contribution in [1.29, 1.82) is 0 Å². The molecule has 2 fully saturated rings. The third-order valence-electron chi connectivity index (χ3n) is 4.08. The molecule has 2 aliphatic heterocycles. The molecule has 0 aromatic carbocycles. The van der Waals surface area contributed by atoms with Crippen molar-refractivity contribution in [3.05, 3.63) is 0 Å². The molecular formula is C12H19NO4. The summed E-state index contributed by atoms with van der Waals surface area (Å²) in [4.78, 5) is 26.3. The van der Waals surface area contributed by atoms with Crippen LogP contribution in [0.3, 0.4) is 0 Å². The monoisotopic (exact) mass is 241 g/mol. The Hall–Kier alpha value is -1.10. The molecule has 17 heavy (non-hydrogen) atoms. The Morgan fingerprint density at radius 2 is 1.76 bits per heavy atom. The lowest BCUT2D eigenvalue weighted by Crippen LogP contribution is -2.52. The summed E-state index contributed by atoms with van der Waals surface area (Å²) < 4.78 is 9.69. The molecule has 1 unspecified atom stereocenters. The average molecular weight is 241 g/mol. The van der Waals surface area contributed by atoms with Crippen LogP contribution in [0.15, 0.2) is 0 Å². The van der Waals surface area contributed by atoms with Crippen LogP contribution in [0.4, 0.5) is 0 Å². The second-order valence-corrected chi connectivity index (χ2v) is 4.75. The van der Waals surface area contributed by atoms with Gasteiger partial charge in [-0.3, -0.25) is 14.5 Å². The van der Waals surface area contributed by atoms with Gasteiger partial charge in [-0.2, -0.15) is 0 Å². The van der Waals surface area contributed by atoms with E-state index in [9.17, 15) is 9.59 Å². The third-order valence-corrected chi connectivity index (χ3v) is 4.08. The highest BCUT2D eigenvalue weighted by molar-refractivity contribution is 6.01. The van der Waals surface area contributed by atoms with Crippen LogP contribution in [0.1, 0.15) is 25.7 Å². The van der Waals surface area contributed by atoms with Gasteiger partial charge in [-0.1, -0.05) is 6.42 Å². The largest absolute Gasteiger partial charge is 0.468 e. The summed E-state index contributed by atoms with van der Waals surface area (Å²) in [5, 5.41) is 0. The van der Waals surface area contributed by atoms with Crippen molar-refractivity contribution in [2.75, 3.05) is 27.3 Å². The van der Waals surface area contributed by atoms with Crippen LogP contribution in [0.5, 0.6) is 0 Å². The molecule has 0 N–H and O–H groups in total. The fourth-order valence-corrected chi connectivity index (χ4v) is 3.23. The fraction of sp³-hybridized carbons (Fsp3) is 0.833. The van der Waals surface area contributed by atoms with Crippen LogP contribution in [-0.4, -0.2) is 50.2 Å². The minimum absolute atomic E-state index is 0.0452. The van der Waals surface area contributed by atoms with Crippen LogP contribution in [0.2, 0.25) is 0 Å². The molecule has 96 valence electrons. The van der Waals surface area contributed by atoms with E-state index in [1.807, 2.05) is 0 Å². The molecule has 2 saturated heterocycles.